The number of hydrogen-bond acceptors (Lipinski definition) is 2. The number of ether oxygens (including phenoxy) is 1. The summed E-state index contributed by atoms with van der Waals surface area (Å²) in [5.41, 5.74) is 8.60. The van der Waals surface area contributed by atoms with Crippen LogP contribution < -0.4 is 10.5 Å². The van der Waals surface area contributed by atoms with Crippen LogP contribution in [0.25, 0.3) is 0 Å². The molecule has 0 radical (unpaired) electrons. The number of nitrogens with two attached hydrogens (primary N) is 1. The first kappa shape index (κ1) is 13.0. The van der Waals surface area contributed by atoms with E-state index in [0.717, 1.165) is 17.7 Å². The van der Waals surface area contributed by atoms with E-state index in [9.17, 15) is 0 Å². The van der Waals surface area contributed by atoms with E-state index in [1.807, 2.05) is 6.07 Å². The average molecular weight is 221 g/mol. The van der Waals surface area contributed by atoms with Gasteiger partial charge in [0.1, 0.15) is 5.75 Å². The molecule has 0 bridgehead atoms. The van der Waals surface area contributed by atoms with E-state index in [1.54, 1.807) is 7.11 Å². The molecule has 0 aromatic heterocycles. The minimum absolute atomic E-state index is 0.0653. The Morgan fingerprint density at radius 2 is 2.06 bits per heavy atom. The lowest BCUT2D eigenvalue weighted by Gasteiger charge is -2.22. The molecule has 1 aromatic carbocycles. The maximum absolute atomic E-state index is 6.27. The molecule has 0 aliphatic rings. The smallest absolute Gasteiger partial charge is 0.123 e. The van der Waals surface area contributed by atoms with Crippen molar-refractivity contribution in [3.63, 3.8) is 0 Å². The third-order valence-corrected chi connectivity index (χ3v) is 3.11. The van der Waals surface area contributed by atoms with Crippen molar-refractivity contribution < 1.29 is 4.74 Å². The Balaban J connectivity index is 2.93. The topological polar surface area (TPSA) is 35.2 Å². The fourth-order valence-electron chi connectivity index (χ4n) is 2.04. The van der Waals surface area contributed by atoms with Gasteiger partial charge in [-0.15, -0.1) is 0 Å². The van der Waals surface area contributed by atoms with Gasteiger partial charge >= 0.3 is 0 Å². The summed E-state index contributed by atoms with van der Waals surface area (Å²) in [7, 11) is 1.70. The lowest BCUT2D eigenvalue weighted by Crippen LogP contribution is -2.19. The van der Waals surface area contributed by atoms with Crippen molar-refractivity contribution in [1.29, 1.82) is 0 Å². The van der Waals surface area contributed by atoms with Crippen LogP contribution in [0.1, 0.15) is 43.9 Å². The van der Waals surface area contributed by atoms with E-state index < -0.39 is 0 Å². The fourth-order valence-corrected chi connectivity index (χ4v) is 2.04. The van der Waals surface area contributed by atoms with E-state index in [4.69, 9.17) is 10.5 Å². The molecule has 2 atom stereocenters. The van der Waals surface area contributed by atoms with Crippen molar-refractivity contribution >= 4 is 0 Å². The molecule has 2 unspecified atom stereocenters. The molecule has 2 N–H and O–H groups in total. The predicted octanol–water partition coefficient (Wildman–Crippen LogP) is 3.44. The Morgan fingerprint density at radius 3 is 2.62 bits per heavy atom. The first-order chi connectivity index (χ1) is 7.60. The van der Waals surface area contributed by atoms with Gasteiger partial charge in [0, 0.05) is 11.6 Å². The molecule has 90 valence electrons. The van der Waals surface area contributed by atoms with Crippen LogP contribution in [0.3, 0.4) is 0 Å². The summed E-state index contributed by atoms with van der Waals surface area (Å²) in [6.45, 7) is 6.45. The van der Waals surface area contributed by atoms with Gasteiger partial charge in [0.05, 0.1) is 7.11 Å². The molecular weight excluding hydrogens is 198 g/mol. The van der Waals surface area contributed by atoms with Crippen LogP contribution >= 0.6 is 0 Å². The highest BCUT2D eigenvalue weighted by Crippen LogP contribution is 2.30. The van der Waals surface area contributed by atoms with Gasteiger partial charge in [0.15, 0.2) is 0 Å². The van der Waals surface area contributed by atoms with E-state index in [2.05, 4.69) is 32.9 Å². The third kappa shape index (κ3) is 2.99. The van der Waals surface area contributed by atoms with Gasteiger partial charge in [-0.2, -0.15) is 0 Å². The summed E-state index contributed by atoms with van der Waals surface area (Å²) in [6, 6.07) is 6.30. The Kier molecular flexibility index (Phi) is 4.81. The summed E-state index contributed by atoms with van der Waals surface area (Å²) >= 11 is 0. The monoisotopic (exact) mass is 221 g/mol. The van der Waals surface area contributed by atoms with E-state index in [0.29, 0.717) is 5.92 Å². The van der Waals surface area contributed by atoms with E-state index >= 15 is 0 Å². The van der Waals surface area contributed by atoms with Crippen LogP contribution in [0.4, 0.5) is 0 Å². The molecule has 2 heteroatoms. The molecule has 0 amide bonds. The zero-order chi connectivity index (χ0) is 12.1. The number of aryl methyl sites for hydroxylation is 1. The lowest BCUT2D eigenvalue weighted by atomic mass is 9.91. The molecule has 0 saturated heterocycles. The van der Waals surface area contributed by atoms with Crippen molar-refractivity contribution in [2.75, 3.05) is 7.11 Å². The van der Waals surface area contributed by atoms with Crippen LogP contribution in [0.2, 0.25) is 0 Å². The number of benzene rings is 1. The molecule has 2 nitrogen and oxygen atoms in total. The second-order valence-corrected chi connectivity index (χ2v) is 4.54. The van der Waals surface area contributed by atoms with Gasteiger partial charge in [-0.05, 0) is 30.9 Å². The Morgan fingerprint density at radius 1 is 1.38 bits per heavy atom. The molecule has 0 heterocycles. The molecule has 1 rings (SSSR count). The molecule has 0 fully saturated rings. The Labute approximate surface area is 98.8 Å². The Hall–Kier alpha value is -1.02. The van der Waals surface area contributed by atoms with E-state index in [-0.39, 0.29) is 6.04 Å². The van der Waals surface area contributed by atoms with Crippen LogP contribution in [0.5, 0.6) is 5.75 Å². The van der Waals surface area contributed by atoms with Crippen molar-refractivity contribution in [2.45, 2.75) is 39.7 Å². The fraction of sp³-hybridized carbons (Fsp3) is 0.571. The van der Waals surface area contributed by atoms with Gasteiger partial charge in [-0.1, -0.05) is 32.4 Å². The average Bonchev–Trinajstić information content (AvgIpc) is 2.28. The van der Waals surface area contributed by atoms with Crippen LogP contribution in [-0.4, -0.2) is 7.11 Å². The zero-order valence-corrected chi connectivity index (χ0v) is 10.8. The van der Waals surface area contributed by atoms with E-state index in [1.165, 1.54) is 12.0 Å². The minimum Gasteiger partial charge on any atom is -0.496 e. The highest BCUT2D eigenvalue weighted by atomic mass is 16.5. The largest absolute Gasteiger partial charge is 0.496 e. The second-order valence-electron chi connectivity index (χ2n) is 4.54. The summed E-state index contributed by atoms with van der Waals surface area (Å²) < 4.78 is 5.40. The zero-order valence-electron chi connectivity index (χ0n) is 10.8. The second kappa shape index (κ2) is 5.90. The maximum atomic E-state index is 6.27. The molecule has 0 aliphatic carbocycles. The number of rotatable bonds is 5. The van der Waals surface area contributed by atoms with Gasteiger partial charge < -0.3 is 10.5 Å². The molecular formula is C14H23NO. The summed E-state index contributed by atoms with van der Waals surface area (Å²) in [6.07, 6.45) is 2.32. The highest BCUT2D eigenvalue weighted by molar-refractivity contribution is 5.39. The predicted molar refractivity (Wildman–Crippen MR) is 68.7 cm³/mol. The van der Waals surface area contributed by atoms with Crippen molar-refractivity contribution in [2.24, 2.45) is 11.7 Å². The summed E-state index contributed by atoms with van der Waals surface area (Å²) in [4.78, 5) is 0. The summed E-state index contributed by atoms with van der Waals surface area (Å²) in [5, 5.41) is 0. The lowest BCUT2D eigenvalue weighted by molar-refractivity contribution is 0.382. The molecule has 0 aliphatic heterocycles. The van der Waals surface area contributed by atoms with Gasteiger partial charge in [0.2, 0.25) is 0 Å². The maximum Gasteiger partial charge on any atom is 0.123 e. The number of methoxy groups -OCH3 is 1. The minimum atomic E-state index is 0.0653. The third-order valence-electron chi connectivity index (χ3n) is 3.11. The SMILES string of the molecule is CCCC(C)C(N)c1ccc(C)cc1OC. The first-order valence-electron chi connectivity index (χ1n) is 6.00. The van der Waals surface area contributed by atoms with Crippen molar-refractivity contribution in [3.8, 4) is 5.75 Å². The van der Waals surface area contributed by atoms with Crippen LogP contribution in [-0.2, 0) is 0 Å². The molecule has 0 spiro atoms. The van der Waals surface area contributed by atoms with Crippen molar-refractivity contribution in [3.05, 3.63) is 29.3 Å². The van der Waals surface area contributed by atoms with Crippen LogP contribution in [0, 0.1) is 12.8 Å². The highest BCUT2D eigenvalue weighted by Gasteiger charge is 2.17. The molecule has 0 saturated carbocycles. The van der Waals surface area contributed by atoms with Crippen molar-refractivity contribution in [1.82, 2.24) is 0 Å². The molecule has 1 aromatic rings. The Bertz CT molecular complexity index is 336. The van der Waals surface area contributed by atoms with Gasteiger partial charge in [0.25, 0.3) is 0 Å². The normalized spacial score (nSPS) is 14.6. The standard InChI is InChI=1S/C14H23NO/c1-5-6-11(3)14(15)12-8-7-10(2)9-13(12)16-4/h7-9,11,14H,5-6,15H2,1-4H3. The summed E-state index contributed by atoms with van der Waals surface area (Å²) in [5.74, 6) is 1.40. The quantitative estimate of drug-likeness (QED) is 0.826. The first-order valence-corrected chi connectivity index (χ1v) is 6.00. The van der Waals surface area contributed by atoms with Gasteiger partial charge in [-0.25, -0.2) is 0 Å². The molecule has 16 heavy (non-hydrogen) atoms. The van der Waals surface area contributed by atoms with Crippen LogP contribution in [0.15, 0.2) is 18.2 Å². The van der Waals surface area contributed by atoms with Gasteiger partial charge in [-0.3, -0.25) is 0 Å². The number of hydrogen-bond donors (Lipinski definition) is 1.